The fraction of sp³-hybridized carbons (Fsp3) is 0.462. The van der Waals surface area contributed by atoms with Crippen molar-refractivity contribution in [3.8, 4) is 11.5 Å². The molecule has 122 valence electrons. The number of aliphatic hydroxyl groups excluding tert-OH is 4. The van der Waals surface area contributed by atoms with Crippen LogP contribution in [0.15, 0.2) is 18.2 Å². The minimum absolute atomic E-state index is 0.168. The number of carboxylic acids is 1. The maximum Gasteiger partial charge on any atom is 0.335 e. The first-order valence-electron chi connectivity index (χ1n) is 6.38. The van der Waals surface area contributed by atoms with Crippen LogP contribution < -0.4 is 4.74 Å². The highest BCUT2D eigenvalue weighted by molar-refractivity contribution is 5.88. The van der Waals surface area contributed by atoms with Crippen LogP contribution in [-0.2, 0) is 4.74 Å². The number of aromatic hydroxyl groups is 1. The first kappa shape index (κ1) is 16.5. The second-order valence-electron chi connectivity index (χ2n) is 4.80. The van der Waals surface area contributed by atoms with Crippen LogP contribution in [0.25, 0.3) is 0 Å². The lowest BCUT2D eigenvalue weighted by Crippen LogP contribution is -2.60. The maximum atomic E-state index is 10.8. The molecule has 1 aromatic rings. The molecule has 6 N–H and O–H groups in total. The van der Waals surface area contributed by atoms with E-state index in [2.05, 4.69) is 0 Å². The molecule has 0 aliphatic carbocycles. The van der Waals surface area contributed by atoms with Gasteiger partial charge in [-0.2, -0.15) is 0 Å². The number of carboxylic acid groups (broad SMARTS) is 1. The molecule has 1 heterocycles. The lowest BCUT2D eigenvalue weighted by atomic mass is 9.99. The van der Waals surface area contributed by atoms with Crippen LogP contribution in [0.1, 0.15) is 10.4 Å². The molecule has 0 aromatic heterocycles. The Morgan fingerprint density at radius 3 is 2.41 bits per heavy atom. The Kier molecular flexibility index (Phi) is 4.84. The molecule has 0 saturated carbocycles. The van der Waals surface area contributed by atoms with Crippen molar-refractivity contribution in [2.75, 3.05) is 6.61 Å². The number of phenolic OH excluding ortho intramolecular Hbond substituents is 1. The van der Waals surface area contributed by atoms with Crippen LogP contribution in [0.2, 0.25) is 0 Å². The minimum atomic E-state index is -1.63. The minimum Gasteiger partial charge on any atom is -0.504 e. The molecule has 9 nitrogen and oxygen atoms in total. The molecule has 0 bridgehead atoms. The standard InChI is InChI=1S/C13H16O9/c14-4-8-9(16)10(17)11(18)13(22-8)21-7-2-1-5(12(19)20)3-6(7)15/h1-3,8-11,13-18H,4H2,(H,19,20)/t8-,9-,10+,11-,13-/m1/s1. The zero-order valence-electron chi connectivity index (χ0n) is 11.2. The number of benzene rings is 1. The topological polar surface area (TPSA) is 157 Å². The van der Waals surface area contributed by atoms with Crippen molar-refractivity contribution in [3.63, 3.8) is 0 Å². The van der Waals surface area contributed by atoms with Crippen LogP contribution in [0.3, 0.4) is 0 Å². The Morgan fingerprint density at radius 2 is 1.86 bits per heavy atom. The van der Waals surface area contributed by atoms with E-state index in [9.17, 15) is 25.2 Å². The predicted molar refractivity (Wildman–Crippen MR) is 69.5 cm³/mol. The number of phenols is 1. The van der Waals surface area contributed by atoms with E-state index in [1.807, 2.05) is 0 Å². The molecule has 9 heteroatoms. The molecular formula is C13H16O9. The van der Waals surface area contributed by atoms with Crippen molar-refractivity contribution in [1.29, 1.82) is 0 Å². The molecule has 0 spiro atoms. The van der Waals surface area contributed by atoms with E-state index in [0.29, 0.717) is 0 Å². The third kappa shape index (κ3) is 3.13. The normalized spacial score (nSPS) is 31.7. The van der Waals surface area contributed by atoms with Crippen LogP contribution in [0, 0.1) is 0 Å². The fourth-order valence-corrected chi connectivity index (χ4v) is 2.04. The number of hydrogen-bond donors (Lipinski definition) is 6. The smallest absolute Gasteiger partial charge is 0.335 e. The van der Waals surface area contributed by atoms with E-state index >= 15 is 0 Å². The molecule has 1 aliphatic heterocycles. The van der Waals surface area contributed by atoms with Gasteiger partial charge in [0.1, 0.15) is 24.4 Å². The predicted octanol–water partition coefficient (Wildman–Crippen LogP) is -1.73. The number of aliphatic hydroxyl groups is 4. The number of rotatable bonds is 4. The highest BCUT2D eigenvalue weighted by Crippen LogP contribution is 2.31. The number of aromatic carboxylic acids is 1. The summed E-state index contributed by atoms with van der Waals surface area (Å²) < 4.78 is 10.3. The second-order valence-corrected chi connectivity index (χ2v) is 4.80. The Morgan fingerprint density at radius 1 is 1.18 bits per heavy atom. The van der Waals surface area contributed by atoms with Gasteiger partial charge in [0, 0.05) is 0 Å². The summed E-state index contributed by atoms with van der Waals surface area (Å²) in [4.78, 5) is 10.8. The monoisotopic (exact) mass is 316 g/mol. The Balaban J connectivity index is 2.17. The van der Waals surface area contributed by atoms with E-state index in [1.165, 1.54) is 6.07 Å². The maximum absolute atomic E-state index is 10.8. The van der Waals surface area contributed by atoms with E-state index in [0.717, 1.165) is 12.1 Å². The summed E-state index contributed by atoms with van der Waals surface area (Å²) in [5.74, 6) is -1.93. The first-order chi connectivity index (χ1) is 10.3. The van der Waals surface area contributed by atoms with Gasteiger partial charge in [-0.1, -0.05) is 0 Å². The van der Waals surface area contributed by atoms with E-state index in [1.54, 1.807) is 0 Å². The number of hydrogen-bond acceptors (Lipinski definition) is 8. The molecule has 1 aromatic carbocycles. The highest BCUT2D eigenvalue weighted by atomic mass is 16.7. The third-order valence-electron chi connectivity index (χ3n) is 3.30. The second kappa shape index (κ2) is 6.46. The largest absolute Gasteiger partial charge is 0.504 e. The van der Waals surface area contributed by atoms with E-state index in [4.69, 9.17) is 19.7 Å². The van der Waals surface area contributed by atoms with Crippen molar-refractivity contribution in [3.05, 3.63) is 23.8 Å². The molecule has 1 fully saturated rings. The van der Waals surface area contributed by atoms with Crippen LogP contribution in [0.4, 0.5) is 0 Å². The van der Waals surface area contributed by atoms with Crippen molar-refractivity contribution in [2.45, 2.75) is 30.7 Å². The van der Waals surface area contributed by atoms with Gasteiger partial charge < -0.3 is 40.1 Å². The van der Waals surface area contributed by atoms with Gasteiger partial charge in [0.05, 0.1) is 12.2 Å². The molecule has 2 rings (SSSR count). The fourth-order valence-electron chi connectivity index (χ4n) is 2.04. The number of carbonyl (C=O) groups is 1. The van der Waals surface area contributed by atoms with Gasteiger partial charge in [-0.25, -0.2) is 4.79 Å². The van der Waals surface area contributed by atoms with Crippen molar-refractivity contribution in [2.24, 2.45) is 0 Å². The average molecular weight is 316 g/mol. The summed E-state index contributed by atoms with van der Waals surface area (Å²) in [5, 5.41) is 56.6. The lowest BCUT2D eigenvalue weighted by Gasteiger charge is -2.39. The Labute approximate surface area is 124 Å². The van der Waals surface area contributed by atoms with Gasteiger partial charge in [0.25, 0.3) is 0 Å². The molecular weight excluding hydrogens is 300 g/mol. The molecule has 0 unspecified atom stereocenters. The average Bonchev–Trinajstić information content (AvgIpc) is 2.49. The zero-order chi connectivity index (χ0) is 16.4. The van der Waals surface area contributed by atoms with Crippen LogP contribution in [0.5, 0.6) is 11.5 Å². The molecule has 0 amide bonds. The number of ether oxygens (including phenoxy) is 2. The van der Waals surface area contributed by atoms with Gasteiger partial charge in [0.2, 0.25) is 6.29 Å². The molecule has 1 aliphatic rings. The molecule has 5 atom stereocenters. The molecule has 22 heavy (non-hydrogen) atoms. The lowest BCUT2D eigenvalue weighted by molar-refractivity contribution is -0.277. The zero-order valence-corrected chi connectivity index (χ0v) is 11.2. The third-order valence-corrected chi connectivity index (χ3v) is 3.30. The summed E-state index contributed by atoms with van der Waals surface area (Å²) in [5.41, 5.74) is -0.168. The SMILES string of the molecule is O=C(O)c1ccc(O[C@@H]2O[C@H](CO)[C@@H](O)[C@H](O)[C@H]2O)c(O)c1. The van der Waals surface area contributed by atoms with E-state index in [-0.39, 0.29) is 11.3 Å². The highest BCUT2D eigenvalue weighted by Gasteiger charge is 2.44. The summed E-state index contributed by atoms with van der Waals surface area (Å²) in [7, 11) is 0. The summed E-state index contributed by atoms with van der Waals surface area (Å²) in [6.45, 7) is -0.616. The van der Waals surface area contributed by atoms with Crippen molar-refractivity contribution < 1.29 is 44.9 Å². The Bertz CT molecular complexity index is 544. The summed E-state index contributed by atoms with van der Waals surface area (Å²) in [6, 6.07) is 3.27. The van der Waals surface area contributed by atoms with Gasteiger partial charge in [-0.05, 0) is 18.2 Å². The van der Waals surface area contributed by atoms with Crippen molar-refractivity contribution in [1.82, 2.24) is 0 Å². The van der Waals surface area contributed by atoms with Gasteiger partial charge >= 0.3 is 5.97 Å². The van der Waals surface area contributed by atoms with Gasteiger partial charge in [0.15, 0.2) is 11.5 Å². The van der Waals surface area contributed by atoms with Gasteiger partial charge in [-0.15, -0.1) is 0 Å². The first-order valence-corrected chi connectivity index (χ1v) is 6.38. The molecule has 0 radical (unpaired) electrons. The van der Waals surface area contributed by atoms with Gasteiger partial charge in [-0.3, -0.25) is 0 Å². The Hall–Kier alpha value is -1.91. The molecule has 1 saturated heterocycles. The van der Waals surface area contributed by atoms with Crippen molar-refractivity contribution >= 4 is 5.97 Å². The van der Waals surface area contributed by atoms with Crippen LogP contribution >= 0.6 is 0 Å². The van der Waals surface area contributed by atoms with Crippen LogP contribution in [-0.4, -0.2) is 73.9 Å². The summed E-state index contributed by atoms with van der Waals surface area (Å²) >= 11 is 0. The quantitative estimate of drug-likeness (QED) is 0.380. The summed E-state index contributed by atoms with van der Waals surface area (Å²) in [6.07, 6.45) is -7.38. The van der Waals surface area contributed by atoms with E-state index < -0.39 is 49.0 Å².